The molecular weight excluding hydrogens is 184 g/mol. The molecular formula is C14H28O. The van der Waals surface area contributed by atoms with Gasteiger partial charge in [0.05, 0.1) is 12.9 Å². The quantitative estimate of drug-likeness (QED) is 0.343. The molecule has 0 saturated carbocycles. The van der Waals surface area contributed by atoms with E-state index in [4.69, 9.17) is 4.74 Å². The van der Waals surface area contributed by atoms with Crippen LogP contribution in [0.2, 0.25) is 0 Å². The van der Waals surface area contributed by atoms with E-state index in [1.54, 1.807) is 0 Å². The van der Waals surface area contributed by atoms with E-state index in [1.807, 2.05) is 6.26 Å². The SMILES string of the molecule is CCCCCCCCC=COCCCC. The van der Waals surface area contributed by atoms with E-state index in [9.17, 15) is 0 Å². The molecule has 0 amide bonds. The van der Waals surface area contributed by atoms with Crippen molar-refractivity contribution in [3.63, 3.8) is 0 Å². The highest BCUT2D eigenvalue weighted by Crippen LogP contribution is 2.07. The number of hydrogen-bond donors (Lipinski definition) is 0. The smallest absolute Gasteiger partial charge is 0.0873 e. The van der Waals surface area contributed by atoms with Gasteiger partial charge in [-0.1, -0.05) is 52.4 Å². The van der Waals surface area contributed by atoms with Gasteiger partial charge in [0.25, 0.3) is 0 Å². The van der Waals surface area contributed by atoms with Gasteiger partial charge in [0.1, 0.15) is 0 Å². The highest BCUT2D eigenvalue weighted by Gasteiger charge is 1.88. The van der Waals surface area contributed by atoms with E-state index < -0.39 is 0 Å². The van der Waals surface area contributed by atoms with Crippen LogP contribution in [0.3, 0.4) is 0 Å². The minimum atomic E-state index is 0.878. The third kappa shape index (κ3) is 13.5. The molecule has 0 rings (SSSR count). The minimum Gasteiger partial charge on any atom is -0.502 e. The van der Waals surface area contributed by atoms with Crippen LogP contribution in [0.5, 0.6) is 0 Å². The van der Waals surface area contributed by atoms with E-state index in [0.717, 1.165) is 6.61 Å². The summed E-state index contributed by atoms with van der Waals surface area (Å²) in [4.78, 5) is 0. The Morgan fingerprint density at radius 1 is 0.800 bits per heavy atom. The van der Waals surface area contributed by atoms with Crippen molar-refractivity contribution >= 4 is 0 Å². The Morgan fingerprint density at radius 3 is 2.20 bits per heavy atom. The topological polar surface area (TPSA) is 9.23 Å². The van der Waals surface area contributed by atoms with E-state index in [-0.39, 0.29) is 0 Å². The molecule has 0 radical (unpaired) electrons. The Balaban J connectivity index is 2.96. The molecule has 0 aromatic carbocycles. The zero-order valence-electron chi connectivity index (χ0n) is 10.6. The molecule has 0 heterocycles. The third-order valence-corrected chi connectivity index (χ3v) is 2.53. The summed E-state index contributed by atoms with van der Waals surface area (Å²) in [5, 5.41) is 0. The molecule has 0 N–H and O–H groups in total. The lowest BCUT2D eigenvalue weighted by Gasteiger charge is -1.99. The number of rotatable bonds is 11. The van der Waals surface area contributed by atoms with Crippen molar-refractivity contribution in [2.45, 2.75) is 71.6 Å². The lowest BCUT2D eigenvalue weighted by atomic mass is 10.1. The van der Waals surface area contributed by atoms with Gasteiger partial charge in [0.2, 0.25) is 0 Å². The summed E-state index contributed by atoms with van der Waals surface area (Å²) in [6.45, 7) is 5.32. The van der Waals surface area contributed by atoms with Gasteiger partial charge in [-0.3, -0.25) is 0 Å². The first-order valence-corrected chi connectivity index (χ1v) is 6.68. The molecule has 1 nitrogen and oxygen atoms in total. The highest BCUT2D eigenvalue weighted by molar-refractivity contribution is 4.73. The monoisotopic (exact) mass is 212 g/mol. The second-order valence-corrected chi connectivity index (χ2v) is 4.15. The lowest BCUT2D eigenvalue weighted by Crippen LogP contribution is -1.85. The van der Waals surface area contributed by atoms with Gasteiger partial charge in [-0.25, -0.2) is 0 Å². The molecule has 15 heavy (non-hydrogen) atoms. The van der Waals surface area contributed by atoms with E-state index in [0.29, 0.717) is 0 Å². The first-order chi connectivity index (χ1) is 7.41. The molecule has 0 aliphatic heterocycles. The van der Waals surface area contributed by atoms with E-state index in [1.165, 1.54) is 57.8 Å². The van der Waals surface area contributed by atoms with Crippen LogP contribution in [-0.2, 0) is 4.74 Å². The van der Waals surface area contributed by atoms with Crippen LogP contribution in [0.1, 0.15) is 71.6 Å². The highest BCUT2D eigenvalue weighted by atomic mass is 16.5. The molecule has 0 aliphatic rings. The maximum Gasteiger partial charge on any atom is 0.0873 e. The molecule has 0 bridgehead atoms. The average molecular weight is 212 g/mol. The molecule has 1 heteroatoms. The number of ether oxygens (including phenoxy) is 1. The van der Waals surface area contributed by atoms with Crippen LogP contribution in [0.15, 0.2) is 12.3 Å². The predicted octanol–water partition coefficient (Wildman–Crippen LogP) is 5.07. The Bertz CT molecular complexity index is 129. The largest absolute Gasteiger partial charge is 0.502 e. The first-order valence-electron chi connectivity index (χ1n) is 6.68. The summed E-state index contributed by atoms with van der Waals surface area (Å²) in [7, 11) is 0. The zero-order chi connectivity index (χ0) is 11.2. The number of hydrogen-bond acceptors (Lipinski definition) is 1. The summed E-state index contributed by atoms with van der Waals surface area (Å²) in [5.41, 5.74) is 0. The molecule has 0 aromatic rings. The predicted molar refractivity (Wildman–Crippen MR) is 68.0 cm³/mol. The maximum absolute atomic E-state index is 5.34. The second-order valence-electron chi connectivity index (χ2n) is 4.15. The van der Waals surface area contributed by atoms with E-state index in [2.05, 4.69) is 19.9 Å². The Labute approximate surface area is 95.9 Å². The van der Waals surface area contributed by atoms with Gasteiger partial charge in [-0.05, 0) is 25.3 Å². The van der Waals surface area contributed by atoms with Gasteiger partial charge in [-0.15, -0.1) is 0 Å². The standard InChI is InChI=1S/C14H28O/c1-3-5-7-8-9-10-11-12-14-15-13-6-4-2/h12,14H,3-11,13H2,1-2H3. The fourth-order valence-corrected chi connectivity index (χ4v) is 1.47. The van der Waals surface area contributed by atoms with Crippen LogP contribution in [0.4, 0.5) is 0 Å². The molecule has 0 unspecified atom stereocenters. The normalized spacial score (nSPS) is 11.1. The number of allylic oxidation sites excluding steroid dienone is 1. The average Bonchev–Trinajstić information content (AvgIpc) is 2.26. The summed E-state index contributed by atoms with van der Waals surface area (Å²) in [5.74, 6) is 0. The van der Waals surface area contributed by atoms with Gasteiger partial charge in [0.15, 0.2) is 0 Å². The number of unbranched alkanes of at least 4 members (excludes halogenated alkanes) is 7. The van der Waals surface area contributed by atoms with Gasteiger partial charge < -0.3 is 4.74 Å². The molecule has 90 valence electrons. The van der Waals surface area contributed by atoms with Crippen LogP contribution >= 0.6 is 0 Å². The second kappa shape index (κ2) is 13.5. The van der Waals surface area contributed by atoms with Gasteiger partial charge in [-0.2, -0.15) is 0 Å². The van der Waals surface area contributed by atoms with Crippen LogP contribution in [0, 0.1) is 0 Å². The molecule has 0 aromatic heterocycles. The van der Waals surface area contributed by atoms with Crippen molar-refractivity contribution < 1.29 is 4.74 Å². The van der Waals surface area contributed by atoms with Crippen LogP contribution in [-0.4, -0.2) is 6.61 Å². The summed E-state index contributed by atoms with van der Waals surface area (Å²) >= 11 is 0. The zero-order valence-corrected chi connectivity index (χ0v) is 10.6. The molecule has 0 saturated heterocycles. The third-order valence-electron chi connectivity index (χ3n) is 2.53. The van der Waals surface area contributed by atoms with Crippen molar-refractivity contribution in [3.05, 3.63) is 12.3 Å². The van der Waals surface area contributed by atoms with Crippen molar-refractivity contribution in [1.82, 2.24) is 0 Å². The first kappa shape index (κ1) is 14.5. The molecule has 0 spiro atoms. The van der Waals surface area contributed by atoms with Crippen molar-refractivity contribution in [2.75, 3.05) is 6.61 Å². The van der Waals surface area contributed by atoms with Crippen molar-refractivity contribution in [3.8, 4) is 0 Å². The van der Waals surface area contributed by atoms with Gasteiger partial charge >= 0.3 is 0 Å². The fourth-order valence-electron chi connectivity index (χ4n) is 1.47. The van der Waals surface area contributed by atoms with Crippen molar-refractivity contribution in [2.24, 2.45) is 0 Å². The Morgan fingerprint density at radius 2 is 1.47 bits per heavy atom. The molecule has 0 aliphatic carbocycles. The Kier molecular flexibility index (Phi) is 13.1. The Hall–Kier alpha value is -0.460. The summed E-state index contributed by atoms with van der Waals surface area (Å²) in [6, 6.07) is 0. The maximum atomic E-state index is 5.34. The fraction of sp³-hybridized carbons (Fsp3) is 0.857. The van der Waals surface area contributed by atoms with Crippen molar-refractivity contribution in [1.29, 1.82) is 0 Å². The van der Waals surface area contributed by atoms with E-state index >= 15 is 0 Å². The summed E-state index contributed by atoms with van der Waals surface area (Å²) in [6.07, 6.45) is 15.8. The lowest BCUT2D eigenvalue weighted by molar-refractivity contribution is 0.242. The van der Waals surface area contributed by atoms with Crippen LogP contribution in [0.25, 0.3) is 0 Å². The minimum absolute atomic E-state index is 0.878. The molecule has 0 atom stereocenters. The molecule has 0 fully saturated rings. The van der Waals surface area contributed by atoms with Gasteiger partial charge in [0, 0.05) is 0 Å². The summed E-state index contributed by atoms with van der Waals surface area (Å²) < 4.78 is 5.34. The van der Waals surface area contributed by atoms with Crippen LogP contribution < -0.4 is 0 Å².